The minimum absolute atomic E-state index is 0.0563. The average Bonchev–Trinajstić information content (AvgIpc) is 3.46. The molecule has 0 spiro atoms. The lowest BCUT2D eigenvalue weighted by Gasteiger charge is -2.30. The summed E-state index contributed by atoms with van der Waals surface area (Å²) in [6.45, 7) is 2.27. The van der Waals surface area contributed by atoms with Gasteiger partial charge >= 0.3 is 0 Å². The highest BCUT2D eigenvalue weighted by Gasteiger charge is 2.26. The van der Waals surface area contributed by atoms with Gasteiger partial charge in [-0.15, -0.1) is 10.2 Å². The van der Waals surface area contributed by atoms with Crippen LogP contribution in [0.2, 0.25) is 0 Å². The van der Waals surface area contributed by atoms with Gasteiger partial charge in [0.2, 0.25) is 16.2 Å². The van der Waals surface area contributed by atoms with Gasteiger partial charge in [-0.1, -0.05) is 29.5 Å². The minimum Gasteiger partial charge on any atom is -0.496 e. The molecule has 8 heteroatoms. The first kappa shape index (κ1) is 19.4. The van der Waals surface area contributed by atoms with Gasteiger partial charge in [-0.2, -0.15) is 0 Å². The maximum atomic E-state index is 12.6. The van der Waals surface area contributed by atoms with Crippen molar-refractivity contribution in [3.05, 3.63) is 54.4 Å². The van der Waals surface area contributed by atoms with Gasteiger partial charge in [0, 0.05) is 37.9 Å². The van der Waals surface area contributed by atoms with E-state index in [0.29, 0.717) is 6.54 Å². The molecule has 1 saturated heterocycles. The van der Waals surface area contributed by atoms with Gasteiger partial charge < -0.3 is 15.0 Å². The Labute approximate surface area is 174 Å². The van der Waals surface area contributed by atoms with Crippen LogP contribution in [-0.4, -0.2) is 47.4 Å². The molecule has 3 aromatic rings. The van der Waals surface area contributed by atoms with Crippen LogP contribution >= 0.6 is 11.3 Å². The molecule has 0 aliphatic carbocycles. The third kappa shape index (κ3) is 4.59. The van der Waals surface area contributed by atoms with Crippen LogP contribution in [-0.2, 0) is 11.2 Å². The van der Waals surface area contributed by atoms with Crippen molar-refractivity contribution in [1.82, 2.24) is 20.1 Å². The first-order valence-electron chi connectivity index (χ1n) is 9.86. The lowest BCUT2D eigenvalue weighted by Crippen LogP contribution is -2.41. The van der Waals surface area contributed by atoms with E-state index >= 15 is 0 Å². The molecule has 3 heterocycles. The molecule has 1 aromatic carbocycles. The van der Waals surface area contributed by atoms with Crippen LogP contribution < -0.4 is 15.0 Å². The van der Waals surface area contributed by atoms with Gasteiger partial charge in [0.25, 0.3) is 0 Å². The Morgan fingerprint density at radius 1 is 1.14 bits per heavy atom. The fraction of sp³-hybridized carbons (Fsp3) is 0.381. The molecule has 1 aliphatic heterocycles. The topological polar surface area (TPSA) is 72.3 Å². The summed E-state index contributed by atoms with van der Waals surface area (Å²) in [5.74, 6) is 1.07. The normalized spacial score (nSPS) is 14.7. The molecular formula is C21H25N5O2S. The summed E-state index contributed by atoms with van der Waals surface area (Å²) in [6.07, 6.45) is 6.36. The number of para-hydroxylation sites is 1. The number of nitrogens with one attached hydrogen (secondary N) is 1. The molecule has 0 radical (unpaired) electrons. The maximum absolute atomic E-state index is 12.6. The first-order valence-corrected chi connectivity index (χ1v) is 10.7. The van der Waals surface area contributed by atoms with E-state index in [1.54, 1.807) is 18.4 Å². The van der Waals surface area contributed by atoms with Crippen LogP contribution in [0.25, 0.3) is 5.13 Å². The van der Waals surface area contributed by atoms with E-state index in [9.17, 15) is 4.79 Å². The molecule has 29 heavy (non-hydrogen) atoms. The molecule has 1 N–H and O–H groups in total. The SMILES string of the molecule is COc1ccccc1CCNC(=O)C1CCN(c2nnc(-n3cccc3)s2)CC1. The number of hydrogen-bond donors (Lipinski definition) is 1. The van der Waals surface area contributed by atoms with E-state index < -0.39 is 0 Å². The fourth-order valence-corrected chi connectivity index (χ4v) is 4.47. The monoisotopic (exact) mass is 411 g/mol. The summed E-state index contributed by atoms with van der Waals surface area (Å²) >= 11 is 1.58. The lowest BCUT2D eigenvalue weighted by molar-refractivity contribution is -0.125. The number of amides is 1. The van der Waals surface area contributed by atoms with Crippen LogP contribution in [0.4, 0.5) is 5.13 Å². The van der Waals surface area contributed by atoms with Gasteiger partial charge in [-0.3, -0.25) is 9.36 Å². The summed E-state index contributed by atoms with van der Waals surface area (Å²) in [7, 11) is 1.67. The Morgan fingerprint density at radius 3 is 2.62 bits per heavy atom. The third-order valence-electron chi connectivity index (χ3n) is 5.25. The largest absolute Gasteiger partial charge is 0.496 e. The summed E-state index contributed by atoms with van der Waals surface area (Å²) < 4.78 is 7.33. The molecule has 0 bridgehead atoms. The van der Waals surface area contributed by atoms with Crippen molar-refractivity contribution in [2.24, 2.45) is 5.92 Å². The second kappa shape index (κ2) is 9.09. The van der Waals surface area contributed by atoms with E-state index in [0.717, 1.165) is 53.9 Å². The van der Waals surface area contributed by atoms with Crippen LogP contribution in [0.15, 0.2) is 48.8 Å². The van der Waals surface area contributed by atoms with E-state index in [1.807, 2.05) is 53.4 Å². The average molecular weight is 412 g/mol. The molecule has 4 rings (SSSR count). The molecule has 2 aromatic heterocycles. The number of nitrogens with zero attached hydrogens (tertiary/aromatic N) is 4. The van der Waals surface area contributed by atoms with Crippen molar-refractivity contribution >= 4 is 22.4 Å². The Kier molecular flexibility index (Phi) is 6.09. The minimum atomic E-state index is 0.0563. The number of anilines is 1. The van der Waals surface area contributed by atoms with Crippen molar-refractivity contribution in [2.75, 3.05) is 31.6 Å². The van der Waals surface area contributed by atoms with Crippen molar-refractivity contribution in [1.29, 1.82) is 0 Å². The number of ether oxygens (including phenoxy) is 1. The van der Waals surface area contributed by atoms with Crippen molar-refractivity contribution in [2.45, 2.75) is 19.3 Å². The van der Waals surface area contributed by atoms with E-state index in [4.69, 9.17) is 4.74 Å². The number of piperidine rings is 1. The highest BCUT2D eigenvalue weighted by atomic mass is 32.1. The number of hydrogen-bond acceptors (Lipinski definition) is 6. The Hall–Kier alpha value is -2.87. The van der Waals surface area contributed by atoms with Gasteiger partial charge in [0.15, 0.2) is 0 Å². The predicted molar refractivity (Wildman–Crippen MR) is 114 cm³/mol. The standard InChI is InChI=1S/C21H25N5O2S/c1-28-18-7-3-2-6-16(18)8-11-22-19(27)17-9-14-26(15-10-17)21-24-23-20(29-21)25-12-4-5-13-25/h2-7,12-13,17H,8-11,14-15H2,1H3,(H,22,27). The molecule has 0 unspecified atom stereocenters. The van der Waals surface area contributed by atoms with Crippen molar-refractivity contribution in [3.63, 3.8) is 0 Å². The van der Waals surface area contributed by atoms with E-state index in [1.165, 1.54) is 0 Å². The summed E-state index contributed by atoms with van der Waals surface area (Å²) in [5.41, 5.74) is 1.11. The molecule has 0 saturated carbocycles. The second-order valence-electron chi connectivity index (χ2n) is 7.07. The highest BCUT2D eigenvalue weighted by Crippen LogP contribution is 2.28. The predicted octanol–water partition coefficient (Wildman–Crippen LogP) is 2.91. The van der Waals surface area contributed by atoms with Crippen LogP contribution in [0.1, 0.15) is 18.4 Å². The summed E-state index contributed by atoms with van der Waals surface area (Å²) in [6, 6.07) is 11.9. The number of carbonyl (C=O) groups excluding carboxylic acids is 1. The lowest BCUT2D eigenvalue weighted by atomic mass is 9.96. The molecule has 1 fully saturated rings. The zero-order chi connectivity index (χ0) is 20.1. The zero-order valence-corrected chi connectivity index (χ0v) is 17.3. The molecular weight excluding hydrogens is 386 g/mol. The molecule has 7 nitrogen and oxygen atoms in total. The Morgan fingerprint density at radius 2 is 1.86 bits per heavy atom. The molecule has 1 aliphatic rings. The number of rotatable bonds is 7. The van der Waals surface area contributed by atoms with Gasteiger partial charge in [-0.05, 0) is 43.0 Å². The number of carbonyl (C=O) groups is 1. The van der Waals surface area contributed by atoms with Crippen LogP contribution in [0.5, 0.6) is 5.75 Å². The quantitative estimate of drug-likeness (QED) is 0.647. The zero-order valence-electron chi connectivity index (χ0n) is 16.5. The number of benzene rings is 1. The summed E-state index contributed by atoms with van der Waals surface area (Å²) in [5, 5.41) is 13.5. The van der Waals surface area contributed by atoms with Crippen LogP contribution in [0, 0.1) is 5.92 Å². The third-order valence-corrected chi connectivity index (χ3v) is 6.25. The second-order valence-corrected chi connectivity index (χ2v) is 8.01. The molecule has 152 valence electrons. The molecule has 0 atom stereocenters. The van der Waals surface area contributed by atoms with Gasteiger partial charge in [0.05, 0.1) is 7.11 Å². The fourth-order valence-electron chi connectivity index (χ4n) is 3.61. The molecule has 1 amide bonds. The number of methoxy groups -OCH3 is 1. The Balaban J connectivity index is 1.24. The van der Waals surface area contributed by atoms with E-state index in [-0.39, 0.29) is 11.8 Å². The highest BCUT2D eigenvalue weighted by molar-refractivity contribution is 7.17. The van der Waals surface area contributed by atoms with Crippen molar-refractivity contribution < 1.29 is 9.53 Å². The first-order chi connectivity index (χ1) is 14.2. The van der Waals surface area contributed by atoms with Crippen molar-refractivity contribution in [3.8, 4) is 10.9 Å². The summed E-state index contributed by atoms with van der Waals surface area (Å²) in [4.78, 5) is 14.8. The van der Waals surface area contributed by atoms with Crippen LogP contribution in [0.3, 0.4) is 0 Å². The van der Waals surface area contributed by atoms with Gasteiger partial charge in [0.1, 0.15) is 5.75 Å². The van der Waals surface area contributed by atoms with Gasteiger partial charge in [-0.25, -0.2) is 0 Å². The number of aromatic nitrogens is 3. The smallest absolute Gasteiger partial charge is 0.223 e. The van der Waals surface area contributed by atoms with E-state index in [2.05, 4.69) is 20.4 Å². The Bertz CT molecular complexity index is 932. The maximum Gasteiger partial charge on any atom is 0.223 e.